The number of hydrogen-bond donors (Lipinski definition) is 0. The maximum absolute atomic E-state index is 12.7. The van der Waals surface area contributed by atoms with Crippen molar-refractivity contribution in [2.24, 2.45) is 0 Å². The molecule has 342 valence electrons. The van der Waals surface area contributed by atoms with E-state index in [1.807, 2.05) is 12.2 Å². The predicted octanol–water partition coefficient (Wildman–Crippen LogP) is 16.7. The van der Waals surface area contributed by atoms with Crippen LogP contribution in [0.25, 0.3) is 0 Å². The van der Waals surface area contributed by atoms with Crippen LogP contribution >= 0.6 is 0 Å². The highest BCUT2D eigenvalue weighted by Crippen LogP contribution is 2.13. The average Bonchev–Trinajstić information content (AvgIpc) is 3.25. The number of ether oxygens (including phenoxy) is 3. The van der Waals surface area contributed by atoms with Gasteiger partial charge in [0.05, 0.1) is 13.0 Å². The maximum atomic E-state index is 12.7. The summed E-state index contributed by atoms with van der Waals surface area (Å²) < 4.78 is 17.3. The first-order valence-corrected chi connectivity index (χ1v) is 24.8. The maximum Gasteiger partial charge on any atom is 0.310 e. The highest BCUT2D eigenvalue weighted by molar-refractivity contribution is 5.71. The Balaban J connectivity index is 4.40. The molecule has 0 aliphatic rings. The normalized spacial score (nSPS) is 13.1. The zero-order valence-electron chi connectivity index (χ0n) is 39.2. The Kier molecular flexibility index (Phi) is 47.5. The number of carbonyl (C=O) groups excluding carboxylic acids is 2. The summed E-state index contributed by atoms with van der Waals surface area (Å²) in [4.78, 5) is 25.3. The van der Waals surface area contributed by atoms with Crippen molar-refractivity contribution < 1.29 is 23.8 Å². The van der Waals surface area contributed by atoms with Gasteiger partial charge in [-0.25, -0.2) is 0 Å². The Hall–Kier alpha value is -3.18. The van der Waals surface area contributed by atoms with Gasteiger partial charge in [0.2, 0.25) is 0 Å². The predicted molar refractivity (Wildman–Crippen MR) is 260 cm³/mol. The van der Waals surface area contributed by atoms with Gasteiger partial charge in [0.1, 0.15) is 6.61 Å². The van der Waals surface area contributed by atoms with Crippen LogP contribution < -0.4 is 0 Å². The third-order valence-electron chi connectivity index (χ3n) is 10.1. The van der Waals surface area contributed by atoms with Gasteiger partial charge in [-0.3, -0.25) is 9.59 Å². The number of hydrogen-bond acceptors (Lipinski definition) is 5. The lowest BCUT2D eigenvalue weighted by atomic mass is 10.1. The lowest BCUT2D eigenvalue weighted by molar-refractivity contribution is -0.162. The largest absolute Gasteiger partial charge is 0.462 e. The monoisotopic (exact) mass is 833 g/mol. The molecule has 1 unspecified atom stereocenters. The summed E-state index contributed by atoms with van der Waals surface area (Å²) in [6, 6.07) is 0. The van der Waals surface area contributed by atoms with Crippen molar-refractivity contribution in [3.63, 3.8) is 0 Å². The minimum atomic E-state index is -0.596. The second-order valence-corrected chi connectivity index (χ2v) is 16.0. The Morgan fingerprint density at radius 2 is 0.800 bits per heavy atom. The third kappa shape index (κ3) is 47.5. The van der Waals surface area contributed by atoms with E-state index in [0.29, 0.717) is 13.0 Å². The van der Waals surface area contributed by atoms with Gasteiger partial charge in [-0.2, -0.15) is 0 Å². The summed E-state index contributed by atoms with van der Waals surface area (Å²) in [5.74, 6) is -0.556. The Bertz CT molecular complexity index is 1170. The Morgan fingerprint density at radius 1 is 0.400 bits per heavy atom. The Morgan fingerprint density at radius 3 is 1.28 bits per heavy atom. The highest BCUT2D eigenvalue weighted by atomic mass is 16.6. The molecule has 0 N–H and O–H groups in total. The summed E-state index contributed by atoms with van der Waals surface area (Å²) in [5.41, 5.74) is 0. The molecule has 0 aromatic heterocycles. The van der Waals surface area contributed by atoms with Crippen LogP contribution in [0.3, 0.4) is 0 Å². The van der Waals surface area contributed by atoms with Crippen molar-refractivity contribution in [2.45, 2.75) is 219 Å². The van der Waals surface area contributed by atoms with Crippen molar-refractivity contribution in [3.05, 3.63) is 97.2 Å². The van der Waals surface area contributed by atoms with Gasteiger partial charge in [-0.1, -0.05) is 221 Å². The molecule has 0 amide bonds. The lowest BCUT2D eigenvalue weighted by Gasteiger charge is -2.18. The molecule has 0 aliphatic carbocycles. The second-order valence-electron chi connectivity index (χ2n) is 16.0. The molecule has 1 atom stereocenters. The van der Waals surface area contributed by atoms with E-state index in [9.17, 15) is 9.59 Å². The van der Waals surface area contributed by atoms with Gasteiger partial charge >= 0.3 is 11.9 Å². The summed E-state index contributed by atoms with van der Waals surface area (Å²) in [5, 5.41) is 0. The summed E-state index contributed by atoms with van der Waals surface area (Å²) in [7, 11) is 0. The number of allylic oxidation sites excluding steroid dienone is 15. The molecular formula is C55H92O5. The molecule has 0 radical (unpaired) electrons. The van der Waals surface area contributed by atoms with Crippen molar-refractivity contribution in [2.75, 3.05) is 19.8 Å². The first-order chi connectivity index (χ1) is 29.6. The average molecular weight is 833 g/mol. The number of rotatable bonds is 44. The second kappa shape index (κ2) is 50.2. The highest BCUT2D eigenvalue weighted by Gasteiger charge is 2.17. The zero-order chi connectivity index (χ0) is 43.5. The van der Waals surface area contributed by atoms with Gasteiger partial charge in [-0.05, 0) is 77.0 Å². The third-order valence-corrected chi connectivity index (χ3v) is 10.1. The van der Waals surface area contributed by atoms with Crippen LogP contribution in [-0.2, 0) is 23.8 Å². The molecule has 0 saturated heterocycles. The molecule has 0 bridgehead atoms. The first kappa shape index (κ1) is 56.8. The summed E-state index contributed by atoms with van der Waals surface area (Å²) >= 11 is 0. The molecular weight excluding hydrogens is 741 g/mol. The van der Waals surface area contributed by atoms with E-state index in [2.05, 4.69) is 106 Å². The molecule has 0 aromatic rings. The van der Waals surface area contributed by atoms with E-state index >= 15 is 0 Å². The fourth-order valence-corrected chi connectivity index (χ4v) is 6.54. The van der Waals surface area contributed by atoms with Crippen LogP contribution in [0.1, 0.15) is 213 Å². The minimum absolute atomic E-state index is 0.0374. The van der Waals surface area contributed by atoms with E-state index in [0.717, 1.165) is 89.9 Å². The van der Waals surface area contributed by atoms with E-state index in [1.54, 1.807) is 0 Å². The van der Waals surface area contributed by atoms with Crippen LogP contribution in [0.15, 0.2) is 97.2 Å². The van der Waals surface area contributed by atoms with E-state index in [4.69, 9.17) is 14.2 Å². The number of carbonyl (C=O) groups is 2. The van der Waals surface area contributed by atoms with Gasteiger partial charge in [-0.15, -0.1) is 0 Å². The quantitative estimate of drug-likeness (QED) is 0.0348. The summed E-state index contributed by atoms with van der Waals surface area (Å²) in [6.07, 6.45) is 67.2. The minimum Gasteiger partial charge on any atom is -0.462 e. The molecule has 5 heteroatoms. The van der Waals surface area contributed by atoms with Crippen molar-refractivity contribution in [3.8, 4) is 0 Å². The molecule has 0 aliphatic heterocycles. The van der Waals surface area contributed by atoms with Crippen LogP contribution in [0.5, 0.6) is 0 Å². The van der Waals surface area contributed by atoms with Gasteiger partial charge in [0.15, 0.2) is 6.10 Å². The lowest BCUT2D eigenvalue weighted by Crippen LogP contribution is -2.29. The Labute approximate surface area is 371 Å². The first-order valence-electron chi connectivity index (χ1n) is 24.8. The molecule has 5 nitrogen and oxygen atoms in total. The summed E-state index contributed by atoms with van der Waals surface area (Å²) in [6.45, 7) is 7.48. The van der Waals surface area contributed by atoms with E-state index < -0.39 is 6.10 Å². The van der Waals surface area contributed by atoms with Gasteiger partial charge in [0.25, 0.3) is 0 Å². The molecule has 0 saturated carbocycles. The van der Waals surface area contributed by atoms with E-state index in [-0.39, 0.29) is 31.6 Å². The van der Waals surface area contributed by atoms with Crippen LogP contribution in [0.4, 0.5) is 0 Å². The van der Waals surface area contributed by atoms with Gasteiger partial charge < -0.3 is 14.2 Å². The van der Waals surface area contributed by atoms with E-state index in [1.165, 1.54) is 89.9 Å². The van der Waals surface area contributed by atoms with Crippen LogP contribution in [0.2, 0.25) is 0 Å². The van der Waals surface area contributed by atoms with Crippen molar-refractivity contribution in [1.29, 1.82) is 0 Å². The smallest absolute Gasteiger partial charge is 0.310 e. The van der Waals surface area contributed by atoms with Gasteiger partial charge in [0, 0.05) is 13.0 Å². The molecule has 0 heterocycles. The van der Waals surface area contributed by atoms with Crippen LogP contribution in [0, 0.1) is 0 Å². The molecule has 60 heavy (non-hydrogen) atoms. The zero-order valence-corrected chi connectivity index (χ0v) is 39.2. The standard InChI is InChI=1S/C55H92O5/c1-4-7-10-13-16-19-22-25-27-28-30-31-33-36-39-42-45-48-54(56)59-52-53(51-58-50-47-44-41-38-35-24-21-18-15-12-9-6-3)60-55(57)49-46-43-40-37-34-32-29-26-23-20-17-14-11-8-5-2/h7-8,10-11,16-17,19-20,25-27,29,34,37,43,46,53H,4-6,9,12-15,18,21-24,28,30-33,35-36,38-42,44-45,47-52H2,1-3H3/b10-7-,11-8-,19-16-,20-17-,27-25-,29-26-,37-34-,46-43-. The van der Waals surface area contributed by atoms with Crippen molar-refractivity contribution in [1.82, 2.24) is 0 Å². The molecule has 0 spiro atoms. The van der Waals surface area contributed by atoms with Crippen molar-refractivity contribution >= 4 is 11.9 Å². The number of unbranched alkanes of at least 4 members (excludes halogenated alkanes) is 18. The molecule has 0 aromatic carbocycles. The molecule has 0 fully saturated rings. The van der Waals surface area contributed by atoms with Crippen LogP contribution in [-0.4, -0.2) is 37.9 Å². The molecule has 0 rings (SSSR count). The topological polar surface area (TPSA) is 61.8 Å². The SMILES string of the molecule is CC/C=C\C/C=C\C/C=C\C/C=C\C/C=C\CC(=O)OC(COCCCCCCCCCCCCCC)COC(=O)CCCCCCCCC/C=C\C/C=C\C/C=C\CC. The fraction of sp³-hybridized carbons (Fsp3) is 0.673. The fourth-order valence-electron chi connectivity index (χ4n) is 6.54. The number of esters is 2.